The first kappa shape index (κ1) is 9.09. The quantitative estimate of drug-likeness (QED) is 0.577. The lowest BCUT2D eigenvalue weighted by molar-refractivity contribution is 0.279. The van der Waals surface area contributed by atoms with Crippen LogP contribution >= 0.6 is 0 Å². The van der Waals surface area contributed by atoms with E-state index in [2.05, 4.69) is 27.7 Å². The minimum Gasteiger partial charge on any atom is -0.0651 e. The second-order valence-electron chi connectivity index (χ2n) is 4.73. The molecule has 0 heteroatoms. The van der Waals surface area contributed by atoms with Crippen LogP contribution in [0.2, 0.25) is 0 Å². The van der Waals surface area contributed by atoms with Crippen LogP contribution in [0, 0.1) is 17.3 Å². The summed E-state index contributed by atoms with van der Waals surface area (Å²) in [5.41, 5.74) is 0.773. The van der Waals surface area contributed by atoms with Gasteiger partial charge in [0.25, 0.3) is 0 Å². The SMILES string of the molecule is CCC(C)CC1(C(C)C)CC1. The van der Waals surface area contributed by atoms with Crippen molar-refractivity contribution >= 4 is 0 Å². The van der Waals surface area contributed by atoms with E-state index >= 15 is 0 Å². The molecule has 0 spiro atoms. The molecule has 0 N–H and O–H groups in total. The highest BCUT2D eigenvalue weighted by atomic mass is 14.5. The highest BCUT2D eigenvalue weighted by Gasteiger charge is 2.45. The largest absolute Gasteiger partial charge is 0.0651 e. The highest BCUT2D eigenvalue weighted by Crippen LogP contribution is 2.56. The summed E-state index contributed by atoms with van der Waals surface area (Å²) in [6.45, 7) is 9.47. The minimum absolute atomic E-state index is 0.773. The maximum absolute atomic E-state index is 2.39. The van der Waals surface area contributed by atoms with E-state index < -0.39 is 0 Å². The molecule has 11 heavy (non-hydrogen) atoms. The maximum Gasteiger partial charge on any atom is -0.0271 e. The second kappa shape index (κ2) is 3.16. The number of rotatable bonds is 4. The summed E-state index contributed by atoms with van der Waals surface area (Å²) in [5.74, 6) is 1.86. The molecular formula is C11H22. The molecule has 1 aliphatic rings. The molecule has 1 unspecified atom stereocenters. The Morgan fingerprint density at radius 3 is 2.00 bits per heavy atom. The van der Waals surface area contributed by atoms with E-state index in [4.69, 9.17) is 0 Å². The van der Waals surface area contributed by atoms with Crippen molar-refractivity contribution in [1.82, 2.24) is 0 Å². The maximum atomic E-state index is 2.39. The van der Waals surface area contributed by atoms with Gasteiger partial charge >= 0.3 is 0 Å². The molecule has 66 valence electrons. The van der Waals surface area contributed by atoms with Crippen molar-refractivity contribution in [3.05, 3.63) is 0 Å². The van der Waals surface area contributed by atoms with Crippen LogP contribution in [0.3, 0.4) is 0 Å². The number of hydrogen-bond donors (Lipinski definition) is 0. The van der Waals surface area contributed by atoms with Crippen molar-refractivity contribution in [2.45, 2.75) is 53.4 Å². The predicted molar refractivity (Wildman–Crippen MR) is 50.6 cm³/mol. The lowest BCUT2D eigenvalue weighted by Crippen LogP contribution is -2.13. The molecule has 0 saturated heterocycles. The number of hydrogen-bond acceptors (Lipinski definition) is 0. The van der Waals surface area contributed by atoms with E-state index in [1.165, 1.54) is 25.7 Å². The molecule has 1 fully saturated rings. The summed E-state index contributed by atoms with van der Waals surface area (Å²) in [6.07, 6.45) is 5.82. The fraction of sp³-hybridized carbons (Fsp3) is 1.00. The Bertz CT molecular complexity index is 120. The first-order chi connectivity index (χ1) is 5.10. The zero-order valence-electron chi connectivity index (χ0n) is 8.48. The predicted octanol–water partition coefficient (Wildman–Crippen LogP) is 3.86. The zero-order chi connectivity index (χ0) is 8.48. The third kappa shape index (κ3) is 1.98. The minimum atomic E-state index is 0.773. The van der Waals surface area contributed by atoms with Crippen molar-refractivity contribution in [1.29, 1.82) is 0 Å². The Labute approximate surface area is 71.4 Å². The molecule has 1 saturated carbocycles. The molecule has 0 nitrogen and oxygen atoms in total. The van der Waals surface area contributed by atoms with E-state index in [0.29, 0.717) is 0 Å². The molecule has 0 heterocycles. The van der Waals surface area contributed by atoms with Gasteiger partial charge in [-0.2, -0.15) is 0 Å². The van der Waals surface area contributed by atoms with E-state index in [9.17, 15) is 0 Å². The Morgan fingerprint density at radius 1 is 1.18 bits per heavy atom. The molecule has 0 aromatic heterocycles. The second-order valence-corrected chi connectivity index (χ2v) is 4.73. The van der Waals surface area contributed by atoms with Gasteiger partial charge in [-0.1, -0.05) is 34.1 Å². The summed E-state index contributed by atoms with van der Waals surface area (Å²) in [4.78, 5) is 0. The molecular weight excluding hydrogens is 132 g/mol. The van der Waals surface area contributed by atoms with Gasteiger partial charge in [0, 0.05) is 0 Å². The van der Waals surface area contributed by atoms with Crippen LogP contribution < -0.4 is 0 Å². The van der Waals surface area contributed by atoms with Gasteiger partial charge in [0.15, 0.2) is 0 Å². The van der Waals surface area contributed by atoms with Crippen LogP contribution in [-0.4, -0.2) is 0 Å². The Morgan fingerprint density at radius 2 is 1.73 bits per heavy atom. The molecule has 1 atom stereocenters. The molecule has 0 aliphatic heterocycles. The lowest BCUT2D eigenvalue weighted by atomic mass is 9.83. The van der Waals surface area contributed by atoms with E-state index in [-0.39, 0.29) is 0 Å². The standard InChI is InChI=1S/C11H22/c1-5-10(4)8-11(6-7-11)9(2)3/h9-10H,5-8H2,1-4H3. The van der Waals surface area contributed by atoms with Gasteiger partial charge in [0.1, 0.15) is 0 Å². The molecule has 1 aliphatic carbocycles. The summed E-state index contributed by atoms with van der Waals surface area (Å²) in [6, 6.07) is 0. The fourth-order valence-corrected chi connectivity index (χ4v) is 2.02. The highest BCUT2D eigenvalue weighted by molar-refractivity contribution is 4.95. The molecule has 0 bridgehead atoms. The first-order valence-electron chi connectivity index (χ1n) is 5.10. The monoisotopic (exact) mass is 154 g/mol. The van der Waals surface area contributed by atoms with Crippen LogP contribution in [0.4, 0.5) is 0 Å². The average Bonchev–Trinajstić information content (AvgIpc) is 2.69. The average molecular weight is 154 g/mol. The van der Waals surface area contributed by atoms with Crippen LogP contribution in [-0.2, 0) is 0 Å². The Hall–Kier alpha value is 0. The van der Waals surface area contributed by atoms with Crippen molar-refractivity contribution in [3.63, 3.8) is 0 Å². The van der Waals surface area contributed by atoms with Crippen molar-refractivity contribution in [2.24, 2.45) is 17.3 Å². The van der Waals surface area contributed by atoms with Gasteiger partial charge < -0.3 is 0 Å². The molecule has 0 aromatic carbocycles. The zero-order valence-corrected chi connectivity index (χ0v) is 8.48. The van der Waals surface area contributed by atoms with Gasteiger partial charge in [-0.05, 0) is 36.5 Å². The molecule has 0 radical (unpaired) electrons. The van der Waals surface area contributed by atoms with E-state index in [1.54, 1.807) is 0 Å². The normalized spacial score (nSPS) is 23.7. The Balaban J connectivity index is 2.35. The van der Waals surface area contributed by atoms with E-state index in [1.807, 2.05) is 0 Å². The molecule has 1 rings (SSSR count). The third-order valence-corrected chi connectivity index (χ3v) is 3.57. The van der Waals surface area contributed by atoms with Crippen molar-refractivity contribution in [3.8, 4) is 0 Å². The van der Waals surface area contributed by atoms with Crippen LogP contribution in [0.1, 0.15) is 53.4 Å². The van der Waals surface area contributed by atoms with Gasteiger partial charge in [-0.15, -0.1) is 0 Å². The van der Waals surface area contributed by atoms with Crippen LogP contribution in [0.25, 0.3) is 0 Å². The topological polar surface area (TPSA) is 0 Å². The van der Waals surface area contributed by atoms with Gasteiger partial charge in [-0.3, -0.25) is 0 Å². The first-order valence-corrected chi connectivity index (χ1v) is 5.10. The van der Waals surface area contributed by atoms with Crippen molar-refractivity contribution in [2.75, 3.05) is 0 Å². The summed E-state index contributed by atoms with van der Waals surface area (Å²) < 4.78 is 0. The lowest BCUT2D eigenvalue weighted by Gasteiger charge is -2.22. The fourth-order valence-electron chi connectivity index (χ4n) is 2.02. The smallest absolute Gasteiger partial charge is 0.0271 e. The van der Waals surface area contributed by atoms with Crippen LogP contribution in [0.15, 0.2) is 0 Å². The van der Waals surface area contributed by atoms with Crippen molar-refractivity contribution < 1.29 is 0 Å². The van der Waals surface area contributed by atoms with Gasteiger partial charge in [-0.25, -0.2) is 0 Å². The summed E-state index contributed by atoms with van der Waals surface area (Å²) in [7, 11) is 0. The third-order valence-electron chi connectivity index (χ3n) is 3.57. The van der Waals surface area contributed by atoms with Gasteiger partial charge in [0.2, 0.25) is 0 Å². The molecule has 0 amide bonds. The van der Waals surface area contributed by atoms with Gasteiger partial charge in [0.05, 0.1) is 0 Å². The summed E-state index contributed by atoms with van der Waals surface area (Å²) >= 11 is 0. The summed E-state index contributed by atoms with van der Waals surface area (Å²) in [5, 5.41) is 0. The molecule has 0 aromatic rings. The van der Waals surface area contributed by atoms with E-state index in [0.717, 1.165) is 17.3 Å². The Kier molecular flexibility index (Phi) is 2.61. The van der Waals surface area contributed by atoms with Crippen LogP contribution in [0.5, 0.6) is 0 Å².